The molecule has 0 unspecified atom stereocenters. The molecule has 0 amide bonds. The van der Waals surface area contributed by atoms with E-state index in [2.05, 4.69) is 24.1 Å². The maximum atomic E-state index is 12.8. The highest BCUT2D eigenvalue weighted by atomic mass is 35.5. The van der Waals surface area contributed by atoms with Gasteiger partial charge in [0.1, 0.15) is 0 Å². The van der Waals surface area contributed by atoms with Gasteiger partial charge in [0.2, 0.25) is 0 Å². The van der Waals surface area contributed by atoms with Crippen molar-refractivity contribution >= 4 is 24.8 Å². The number of benzene rings is 1. The Bertz CT molecular complexity index is 397. The van der Waals surface area contributed by atoms with Crippen molar-refractivity contribution in [1.29, 1.82) is 0 Å². The molecule has 1 aromatic rings. The van der Waals surface area contributed by atoms with Gasteiger partial charge >= 0.3 is 6.18 Å². The molecule has 0 spiro atoms. The van der Waals surface area contributed by atoms with Crippen molar-refractivity contribution in [3.8, 4) is 0 Å². The molecular formula is C15H25Cl2F3N2. The summed E-state index contributed by atoms with van der Waals surface area (Å²) in [4.78, 5) is 2.30. The Kier molecular flexibility index (Phi) is 13.0. The van der Waals surface area contributed by atoms with Gasteiger partial charge in [-0.1, -0.05) is 32.0 Å². The van der Waals surface area contributed by atoms with Gasteiger partial charge in [0, 0.05) is 6.54 Å². The van der Waals surface area contributed by atoms with Crippen molar-refractivity contribution in [2.75, 3.05) is 26.2 Å². The average Bonchev–Trinajstić information content (AvgIpc) is 2.42. The normalized spacial score (nSPS) is 11.0. The fraction of sp³-hybridized carbons (Fsp3) is 0.600. The lowest BCUT2D eigenvalue weighted by atomic mass is 10.1. The van der Waals surface area contributed by atoms with Gasteiger partial charge in [0.25, 0.3) is 0 Å². The highest BCUT2D eigenvalue weighted by molar-refractivity contribution is 5.85. The van der Waals surface area contributed by atoms with Crippen LogP contribution in [0.4, 0.5) is 13.2 Å². The first kappa shape index (κ1) is 23.8. The standard InChI is InChI=1S/C15H23F3N2.2ClH/c1-3-20(4-2)11-7-10-19-12-13-8-5-6-9-14(13)15(16,17)18;;/h5-6,8-9,19H,3-4,7,10-12H2,1-2H3;2*1H. The highest BCUT2D eigenvalue weighted by Gasteiger charge is 2.32. The molecule has 1 rings (SSSR count). The lowest BCUT2D eigenvalue weighted by molar-refractivity contribution is -0.138. The summed E-state index contributed by atoms with van der Waals surface area (Å²) >= 11 is 0. The second-order valence-corrected chi connectivity index (χ2v) is 4.71. The molecule has 0 atom stereocenters. The summed E-state index contributed by atoms with van der Waals surface area (Å²) in [5.41, 5.74) is -0.237. The molecule has 130 valence electrons. The largest absolute Gasteiger partial charge is 0.416 e. The molecule has 0 bridgehead atoms. The Morgan fingerprint density at radius 2 is 1.64 bits per heavy atom. The molecule has 1 aromatic carbocycles. The molecule has 1 N–H and O–H groups in total. The third-order valence-electron chi connectivity index (χ3n) is 3.36. The number of nitrogens with one attached hydrogen (secondary N) is 1. The van der Waals surface area contributed by atoms with Gasteiger partial charge in [-0.05, 0) is 44.2 Å². The van der Waals surface area contributed by atoms with Crippen molar-refractivity contribution in [1.82, 2.24) is 10.2 Å². The molecule has 0 saturated carbocycles. The van der Waals surface area contributed by atoms with Gasteiger partial charge in [-0.15, -0.1) is 24.8 Å². The molecule has 0 saturated heterocycles. The molecule has 0 aliphatic carbocycles. The van der Waals surface area contributed by atoms with Crippen molar-refractivity contribution < 1.29 is 13.2 Å². The molecule has 0 heterocycles. The summed E-state index contributed by atoms with van der Waals surface area (Å²) in [6.45, 7) is 8.19. The molecule has 0 radical (unpaired) electrons. The zero-order valence-electron chi connectivity index (χ0n) is 12.9. The van der Waals surface area contributed by atoms with Gasteiger partial charge in [-0.3, -0.25) is 0 Å². The maximum Gasteiger partial charge on any atom is 0.416 e. The van der Waals surface area contributed by atoms with Gasteiger partial charge in [0.05, 0.1) is 5.56 Å². The minimum absolute atomic E-state index is 0. The zero-order valence-corrected chi connectivity index (χ0v) is 14.6. The number of nitrogens with zero attached hydrogens (tertiary/aromatic N) is 1. The molecule has 7 heteroatoms. The number of alkyl halides is 3. The van der Waals surface area contributed by atoms with Crippen molar-refractivity contribution in [3.05, 3.63) is 35.4 Å². The predicted octanol–water partition coefficient (Wildman–Crippen LogP) is 4.37. The second kappa shape index (κ2) is 12.0. The van der Waals surface area contributed by atoms with Crippen molar-refractivity contribution in [3.63, 3.8) is 0 Å². The molecule has 2 nitrogen and oxygen atoms in total. The van der Waals surface area contributed by atoms with Gasteiger partial charge in [-0.2, -0.15) is 13.2 Å². The first-order valence-electron chi connectivity index (χ1n) is 7.07. The third kappa shape index (κ3) is 8.22. The minimum Gasteiger partial charge on any atom is -0.313 e. The van der Waals surface area contributed by atoms with Crippen LogP contribution in [-0.2, 0) is 12.7 Å². The smallest absolute Gasteiger partial charge is 0.313 e. The number of hydrogen-bond donors (Lipinski definition) is 1. The van der Waals surface area contributed by atoms with Crippen molar-refractivity contribution in [2.24, 2.45) is 0 Å². The van der Waals surface area contributed by atoms with Crippen LogP contribution >= 0.6 is 24.8 Å². The fourth-order valence-electron chi connectivity index (χ4n) is 2.14. The van der Waals surface area contributed by atoms with Gasteiger partial charge < -0.3 is 10.2 Å². The summed E-state index contributed by atoms with van der Waals surface area (Å²) in [6, 6.07) is 5.72. The first-order valence-corrected chi connectivity index (χ1v) is 7.07. The summed E-state index contributed by atoms with van der Waals surface area (Å²) in [6.07, 6.45) is -3.34. The first-order chi connectivity index (χ1) is 9.49. The SMILES string of the molecule is CCN(CC)CCCNCc1ccccc1C(F)(F)F.Cl.Cl. The van der Waals surface area contributed by atoms with E-state index in [0.717, 1.165) is 38.7 Å². The van der Waals surface area contributed by atoms with Crippen LogP contribution in [0.5, 0.6) is 0 Å². The van der Waals surface area contributed by atoms with Crippen LogP contribution in [-0.4, -0.2) is 31.1 Å². The Balaban J connectivity index is 0. The van der Waals surface area contributed by atoms with Crippen LogP contribution in [0.15, 0.2) is 24.3 Å². The Labute approximate surface area is 143 Å². The lowest BCUT2D eigenvalue weighted by Gasteiger charge is -2.18. The van der Waals surface area contributed by atoms with Crippen LogP contribution in [0.25, 0.3) is 0 Å². The number of halogens is 5. The van der Waals surface area contributed by atoms with E-state index in [0.29, 0.717) is 5.56 Å². The number of rotatable bonds is 8. The van der Waals surface area contributed by atoms with E-state index in [4.69, 9.17) is 0 Å². The Morgan fingerprint density at radius 3 is 2.18 bits per heavy atom. The third-order valence-corrected chi connectivity index (χ3v) is 3.36. The molecule has 0 fully saturated rings. The zero-order chi connectivity index (χ0) is 15.0. The van der Waals surface area contributed by atoms with Crippen LogP contribution < -0.4 is 5.32 Å². The van der Waals surface area contributed by atoms with Crippen LogP contribution in [0.3, 0.4) is 0 Å². The van der Waals surface area contributed by atoms with E-state index in [-0.39, 0.29) is 31.4 Å². The molecule has 0 aliphatic heterocycles. The van der Waals surface area contributed by atoms with Crippen molar-refractivity contribution in [2.45, 2.75) is 33.0 Å². The topological polar surface area (TPSA) is 15.3 Å². The van der Waals surface area contributed by atoms with E-state index in [9.17, 15) is 13.2 Å². The Morgan fingerprint density at radius 1 is 1.05 bits per heavy atom. The average molecular weight is 361 g/mol. The fourth-order valence-corrected chi connectivity index (χ4v) is 2.14. The number of hydrogen-bond acceptors (Lipinski definition) is 2. The molecular weight excluding hydrogens is 336 g/mol. The lowest BCUT2D eigenvalue weighted by Crippen LogP contribution is -2.27. The summed E-state index contributed by atoms with van der Waals surface area (Å²) in [7, 11) is 0. The van der Waals surface area contributed by atoms with Gasteiger partial charge in [0.15, 0.2) is 0 Å². The molecule has 0 aliphatic rings. The minimum atomic E-state index is -4.28. The maximum absolute atomic E-state index is 12.8. The van der Waals surface area contributed by atoms with Gasteiger partial charge in [-0.25, -0.2) is 0 Å². The summed E-state index contributed by atoms with van der Waals surface area (Å²) in [5, 5.41) is 3.09. The summed E-state index contributed by atoms with van der Waals surface area (Å²) < 4.78 is 38.4. The predicted molar refractivity (Wildman–Crippen MR) is 90.1 cm³/mol. The second-order valence-electron chi connectivity index (χ2n) is 4.71. The van der Waals surface area contributed by atoms with Crippen LogP contribution in [0.2, 0.25) is 0 Å². The monoisotopic (exact) mass is 360 g/mol. The Hall–Kier alpha value is -0.490. The van der Waals surface area contributed by atoms with Crippen LogP contribution in [0, 0.1) is 0 Å². The molecule has 22 heavy (non-hydrogen) atoms. The van der Waals surface area contributed by atoms with E-state index in [1.54, 1.807) is 6.07 Å². The summed E-state index contributed by atoms with van der Waals surface area (Å²) in [5.74, 6) is 0. The molecule has 0 aromatic heterocycles. The van der Waals surface area contributed by atoms with E-state index >= 15 is 0 Å². The van der Waals surface area contributed by atoms with E-state index < -0.39 is 11.7 Å². The van der Waals surface area contributed by atoms with Crippen LogP contribution in [0.1, 0.15) is 31.4 Å². The highest BCUT2D eigenvalue weighted by Crippen LogP contribution is 2.31. The quantitative estimate of drug-likeness (QED) is 0.692. The van der Waals surface area contributed by atoms with E-state index in [1.807, 2.05) is 0 Å². The van der Waals surface area contributed by atoms with E-state index in [1.165, 1.54) is 12.1 Å².